The van der Waals surface area contributed by atoms with Gasteiger partial charge in [-0.2, -0.15) is 0 Å². The van der Waals surface area contributed by atoms with Crippen molar-refractivity contribution >= 4 is 54.4 Å². The van der Waals surface area contributed by atoms with Gasteiger partial charge in [-0.3, -0.25) is 0 Å². The molecule has 0 amide bonds. The Hall–Kier alpha value is -7.50. The summed E-state index contributed by atoms with van der Waals surface area (Å²) in [5.41, 5.74) is 14.1. The van der Waals surface area contributed by atoms with Crippen LogP contribution < -0.4 is 0 Å². The van der Waals surface area contributed by atoms with Crippen molar-refractivity contribution in [3.8, 4) is 62.1 Å². The fourth-order valence-corrected chi connectivity index (χ4v) is 8.65. The van der Waals surface area contributed by atoms with Gasteiger partial charge in [0.15, 0.2) is 5.82 Å². The van der Waals surface area contributed by atoms with Crippen molar-refractivity contribution in [3.63, 3.8) is 0 Å². The summed E-state index contributed by atoms with van der Waals surface area (Å²) in [6.45, 7) is 0. The van der Waals surface area contributed by atoms with E-state index in [1.165, 1.54) is 37.8 Å². The van der Waals surface area contributed by atoms with E-state index in [0.29, 0.717) is 5.82 Å². The molecule has 8 aromatic carbocycles. The summed E-state index contributed by atoms with van der Waals surface area (Å²) in [7, 11) is 0. The van der Waals surface area contributed by atoms with Gasteiger partial charge in [0, 0.05) is 55.0 Å². The highest BCUT2D eigenvalue weighted by Crippen LogP contribution is 2.51. The van der Waals surface area contributed by atoms with Crippen LogP contribution in [-0.4, -0.2) is 24.5 Å². The van der Waals surface area contributed by atoms with Gasteiger partial charge in [0.2, 0.25) is 0 Å². The molecule has 5 heteroatoms. The summed E-state index contributed by atoms with van der Waals surface area (Å²) in [5, 5.41) is 7.26. The minimum Gasteiger partial charge on any atom is -0.309 e. The zero-order valence-corrected chi connectivity index (χ0v) is 29.5. The van der Waals surface area contributed by atoms with E-state index in [2.05, 4.69) is 138 Å². The zero-order chi connectivity index (χ0) is 36.0. The van der Waals surface area contributed by atoms with E-state index < -0.39 is 0 Å². The molecule has 0 atom stereocenters. The van der Waals surface area contributed by atoms with E-state index in [4.69, 9.17) is 19.9 Å². The number of rotatable bonds is 4. The molecule has 5 nitrogen and oxygen atoms in total. The molecule has 3 aromatic heterocycles. The molecule has 0 saturated heterocycles. The first-order valence-corrected chi connectivity index (χ1v) is 18.6. The third-order valence-corrected chi connectivity index (χ3v) is 11.1. The van der Waals surface area contributed by atoms with Gasteiger partial charge in [-0.1, -0.05) is 140 Å². The van der Waals surface area contributed by atoms with Gasteiger partial charge in [0.1, 0.15) is 0 Å². The van der Waals surface area contributed by atoms with Gasteiger partial charge in [0.25, 0.3) is 0 Å². The van der Waals surface area contributed by atoms with Crippen LogP contribution in [0.1, 0.15) is 0 Å². The van der Waals surface area contributed by atoms with E-state index in [0.717, 1.165) is 72.8 Å². The number of hydrogen-bond acceptors (Lipinski definition) is 4. The molecule has 12 rings (SSSR count). The van der Waals surface area contributed by atoms with Crippen molar-refractivity contribution in [2.24, 2.45) is 0 Å². The van der Waals surface area contributed by atoms with Crippen molar-refractivity contribution in [1.82, 2.24) is 24.5 Å². The molecule has 0 unspecified atom stereocenters. The highest BCUT2D eigenvalue weighted by molar-refractivity contribution is 6.31. The van der Waals surface area contributed by atoms with E-state index in [1.54, 1.807) is 0 Å². The minimum atomic E-state index is 0.697. The van der Waals surface area contributed by atoms with Gasteiger partial charge in [-0.15, -0.1) is 0 Å². The van der Waals surface area contributed by atoms with E-state index >= 15 is 0 Å². The van der Waals surface area contributed by atoms with Gasteiger partial charge in [-0.25, -0.2) is 19.9 Å². The van der Waals surface area contributed by atoms with Gasteiger partial charge in [0.05, 0.1) is 44.8 Å². The molecule has 0 aliphatic heterocycles. The van der Waals surface area contributed by atoms with Crippen molar-refractivity contribution in [2.75, 3.05) is 0 Å². The average Bonchev–Trinajstić information content (AvgIpc) is 3.76. The SMILES string of the molecule is c1ccc(-c2cc(-c3cccc(-n4c5cc6c7c(cccc7c5c5ccc7ccccc7c54)-c4nc5ccccc5nc4-6)c3)nc(-c3ccccc3)n2)cc1. The lowest BCUT2D eigenvalue weighted by atomic mass is 9.98. The first kappa shape index (κ1) is 30.0. The van der Waals surface area contributed by atoms with Crippen molar-refractivity contribution < 1.29 is 0 Å². The van der Waals surface area contributed by atoms with Gasteiger partial charge >= 0.3 is 0 Å². The summed E-state index contributed by atoms with van der Waals surface area (Å²) in [4.78, 5) is 20.7. The molecule has 0 saturated carbocycles. The molecule has 0 N–H and O–H groups in total. The predicted molar refractivity (Wildman–Crippen MR) is 225 cm³/mol. The summed E-state index contributed by atoms with van der Waals surface area (Å²) in [6.07, 6.45) is 0. The summed E-state index contributed by atoms with van der Waals surface area (Å²) < 4.78 is 2.45. The van der Waals surface area contributed by atoms with Crippen molar-refractivity contribution in [2.45, 2.75) is 0 Å². The first-order valence-electron chi connectivity index (χ1n) is 18.6. The Morgan fingerprint density at radius 1 is 0.382 bits per heavy atom. The second-order valence-electron chi connectivity index (χ2n) is 14.2. The van der Waals surface area contributed by atoms with Crippen LogP contribution >= 0.6 is 0 Å². The lowest BCUT2D eigenvalue weighted by Crippen LogP contribution is -1.98. The molecule has 0 fully saturated rings. The zero-order valence-electron chi connectivity index (χ0n) is 29.5. The molecule has 254 valence electrons. The maximum atomic E-state index is 5.24. The summed E-state index contributed by atoms with van der Waals surface area (Å²) in [6, 6.07) is 61.8. The van der Waals surface area contributed by atoms with Crippen LogP contribution in [-0.2, 0) is 0 Å². The quantitative estimate of drug-likeness (QED) is 0.183. The number of hydrogen-bond donors (Lipinski definition) is 0. The minimum absolute atomic E-state index is 0.697. The van der Waals surface area contributed by atoms with Gasteiger partial charge < -0.3 is 4.57 Å². The van der Waals surface area contributed by atoms with Crippen molar-refractivity contribution in [3.05, 3.63) is 176 Å². The highest BCUT2D eigenvalue weighted by atomic mass is 15.0. The molecule has 1 aliphatic rings. The van der Waals surface area contributed by atoms with Crippen LogP contribution in [0.4, 0.5) is 0 Å². The van der Waals surface area contributed by atoms with Crippen LogP contribution in [0.3, 0.4) is 0 Å². The monoisotopic (exact) mass is 699 g/mol. The second kappa shape index (κ2) is 11.5. The smallest absolute Gasteiger partial charge is 0.160 e. The largest absolute Gasteiger partial charge is 0.309 e. The second-order valence-corrected chi connectivity index (χ2v) is 14.2. The lowest BCUT2D eigenvalue weighted by molar-refractivity contribution is 1.17. The third-order valence-electron chi connectivity index (χ3n) is 11.1. The fraction of sp³-hybridized carbons (Fsp3) is 0. The molecule has 0 radical (unpaired) electrons. The summed E-state index contributed by atoms with van der Waals surface area (Å²) >= 11 is 0. The van der Waals surface area contributed by atoms with Crippen LogP contribution in [0.2, 0.25) is 0 Å². The number of para-hydroxylation sites is 2. The Morgan fingerprint density at radius 3 is 1.82 bits per heavy atom. The number of fused-ring (bicyclic) bond motifs is 10. The molecule has 11 aromatic rings. The topological polar surface area (TPSA) is 56.5 Å². The molecule has 0 bridgehead atoms. The molecule has 55 heavy (non-hydrogen) atoms. The Labute approximate surface area is 315 Å². The Bertz CT molecular complexity index is 3310. The molecular formula is C50H29N5. The lowest BCUT2D eigenvalue weighted by Gasteiger charge is -2.13. The Kier molecular flexibility index (Phi) is 6.27. The third kappa shape index (κ3) is 4.47. The van der Waals surface area contributed by atoms with E-state index in [9.17, 15) is 0 Å². The first-order chi connectivity index (χ1) is 27.3. The maximum absolute atomic E-state index is 5.24. The van der Waals surface area contributed by atoms with Crippen molar-refractivity contribution in [1.29, 1.82) is 0 Å². The number of benzene rings is 8. The fourth-order valence-electron chi connectivity index (χ4n) is 8.65. The van der Waals surface area contributed by atoms with Gasteiger partial charge in [-0.05, 0) is 47.2 Å². The van der Waals surface area contributed by atoms with E-state index in [1.807, 2.05) is 42.5 Å². The highest BCUT2D eigenvalue weighted by Gasteiger charge is 2.28. The number of aromatic nitrogens is 5. The predicted octanol–water partition coefficient (Wildman–Crippen LogP) is 12.5. The van der Waals surface area contributed by atoms with E-state index in [-0.39, 0.29) is 0 Å². The van der Waals surface area contributed by atoms with Crippen LogP contribution in [0.15, 0.2) is 176 Å². The molecular weight excluding hydrogens is 671 g/mol. The Balaban J connectivity index is 1.15. The normalized spacial score (nSPS) is 12.0. The number of nitrogens with zero attached hydrogens (tertiary/aromatic N) is 5. The maximum Gasteiger partial charge on any atom is 0.160 e. The van der Waals surface area contributed by atoms with Crippen LogP contribution in [0.25, 0.3) is 116 Å². The standard InChI is InChI=1S/C50H29N5/c1-3-14-31(15-4-1)42-29-43(54-50(53-42)32-16-5-2-6-17-32)33-18-11-19-34(27-33)55-44-28-39-45-36(46(44)38-26-25-30-13-7-8-20-35(30)49(38)55)21-12-22-37(45)47-48(39)52-41-24-10-9-23-40(41)51-47/h1-29H. The molecule has 3 heterocycles. The summed E-state index contributed by atoms with van der Waals surface area (Å²) in [5.74, 6) is 0.697. The van der Waals surface area contributed by atoms with Crippen LogP contribution in [0, 0.1) is 0 Å². The molecule has 1 aliphatic carbocycles. The average molecular weight is 700 g/mol. The van der Waals surface area contributed by atoms with Crippen LogP contribution in [0.5, 0.6) is 0 Å². The Morgan fingerprint density at radius 2 is 1.02 bits per heavy atom. The molecule has 0 spiro atoms.